The van der Waals surface area contributed by atoms with Gasteiger partial charge in [0.1, 0.15) is 17.6 Å². The summed E-state index contributed by atoms with van der Waals surface area (Å²) in [5.41, 5.74) is 3.83. The fourth-order valence-corrected chi connectivity index (χ4v) is 6.12. The largest absolute Gasteiger partial charge is 0.459 e. The second kappa shape index (κ2) is 10.6. The van der Waals surface area contributed by atoms with Gasteiger partial charge in [0.25, 0.3) is 0 Å². The third kappa shape index (κ3) is 4.89. The molecule has 8 heteroatoms. The fraction of sp³-hybridized carbons (Fsp3) is 0.267. The lowest BCUT2D eigenvalue weighted by Crippen LogP contribution is -2.33. The summed E-state index contributed by atoms with van der Waals surface area (Å²) in [6.45, 7) is 4.36. The van der Waals surface area contributed by atoms with Crippen molar-refractivity contribution < 1.29 is 4.42 Å². The van der Waals surface area contributed by atoms with Crippen molar-refractivity contribution in [3.8, 4) is 11.3 Å². The molecule has 2 aromatic carbocycles. The smallest absolute Gasteiger partial charge is 0.174 e. The van der Waals surface area contributed by atoms with Gasteiger partial charge in [0.2, 0.25) is 0 Å². The van der Waals surface area contributed by atoms with E-state index in [4.69, 9.17) is 39.8 Å². The van der Waals surface area contributed by atoms with E-state index >= 15 is 0 Å². The molecule has 2 atom stereocenters. The van der Waals surface area contributed by atoms with Crippen molar-refractivity contribution >= 4 is 51.9 Å². The van der Waals surface area contributed by atoms with Crippen LogP contribution in [0.2, 0.25) is 10.0 Å². The molecule has 2 saturated heterocycles. The molecule has 2 aliphatic heterocycles. The first-order valence-corrected chi connectivity index (χ1v) is 14.0. The van der Waals surface area contributed by atoms with Gasteiger partial charge in [-0.2, -0.15) is 0 Å². The molecule has 0 amide bonds. The van der Waals surface area contributed by atoms with Gasteiger partial charge in [-0.05, 0) is 97.7 Å². The molecule has 194 valence electrons. The standard InChI is InChI=1S/C30H28Cl2N4OS/c1-19-13-16-35(17-14-19)25-10-9-22(18-23(25)32)36-29(28(34-30(36)38)24-4-2-3-15-33-24)27-12-11-26(37-27)20-5-7-21(31)8-6-20/h2-12,15,18-19,28-29H,13-14,16-17H2,1H3,(H,34,38)/t28-,29+/m1/s1. The maximum absolute atomic E-state index is 6.89. The predicted octanol–water partition coefficient (Wildman–Crippen LogP) is 8.06. The quantitative estimate of drug-likeness (QED) is 0.248. The molecule has 0 radical (unpaired) electrons. The number of thiocarbonyl (C=S) groups is 1. The molecule has 5 nitrogen and oxygen atoms in total. The van der Waals surface area contributed by atoms with Gasteiger partial charge in [-0.3, -0.25) is 4.98 Å². The number of aromatic nitrogens is 1. The fourth-order valence-electron chi connectivity index (χ4n) is 5.35. The van der Waals surface area contributed by atoms with Crippen molar-refractivity contribution in [1.29, 1.82) is 0 Å². The van der Waals surface area contributed by atoms with Crippen LogP contribution in [0, 0.1) is 5.92 Å². The minimum absolute atomic E-state index is 0.199. The first-order chi connectivity index (χ1) is 18.5. The second-order valence-electron chi connectivity index (χ2n) is 10.0. The molecule has 4 aromatic rings. The van der Waals surface area contributed by atoms with Crippen molar-refractivity contribution in [3.63, 3.8) is 0 Å². The number of pyridine rings is 1. The van der Waals surface area contributed by atoms with Crippen LogP contribution >= 0.6 is 35.4 Å². The summed E-state index contributed by atoms with van der Waals surface area (Å²) >= 11 is 18.9. The van der Waals surface area contributed by atoms with E-state index < -0.39 is 0 Å². The number of piperidine rings is 1. The highest BCUT2D eigenvalue weighted by Crippen LogP contribution is 2.44. The molecule has 0 aliphatic carbocycles. The predicted molar refractivity (Wildman–Crippen MR) is 159 cm³/mol. The van der Waals surface area contributed by atoms with E-state index in [0.717, 1.165) is 58.2 Å². The zero-order valence-electron chi connectivity index (χ0n) is 21.0. The van der Waals surface area contributed by atoms with Crippen molar-refractivity contribution in [2.45, 2.75) is 31.8 Å². The highest BCUT2D eigenvalue weighted by molar-refractivity contribution is 7.80. The molecular weight excluding hydrogens is 535 g/mol. The zero-order valence-corrected chi connectivity index (χ0v) is 23.3. The van der Waals surface area contributed by atoms with E-state index in [1.807, 2.05) is 60.7 Å². The number of rotatable bonds is 5. The number of nitrogens with zero attached hydrogens (tertiary/aromatic N) is 3. The van der Waals surface area contributed by atoms with Crippen LogP contribution in [0.15, 0.2) is 83.4 Å². The van der Waals surface area contributed by atoms with Crippen LogP contribution < -0.4 is 15.1 Å². The number of nitrogens with one attached hydrogen (secondary N) is 1. The molecule has 0 bridgehead atoms. The second-order valence-corrected chi connectivity index (χ2v) is 11.2. The lowest BCUT2D eigenvalue weighted by atomic mass is 9.98. The Labute approximate surface area is 238 Å². The minimum atomic E-state index is -0.254. The third-order valence-electron chi connectivity index (χ3n) is 7.48. The Morgan fingerprint density at radius 3 is 2.47 bits per heavy atom. The molecule has 2 aliphatic rings. The van der Waals surface area contributed by atoms with Gasteiger partial charge >= 0.3 is 0 Å². The van der Waals surface area contributed by atoms with E-state index in [1.165, 1.54) is 12.8 Å². The van der Waals surface area contributed by atoms with Gasteiger partial charge in [-0.1, -0.05) is 36.2 Å². The van der Waals surface area contributed by atoms with E-state index in [9.17, 15) is 0 Å². The molecule has 0 saturated carbocycles. The van der Waals surface area contributed by atoms with E-state index in [-0.39, 0.29) is 12.1 Å². The Morgan fingerprint density at radius 2 is 1.76 bits per heavy atom. The van der Waals surface area contributed by atoms with Gasteiger partial charge in [0.15, 0.2) is 5.11 Å². The lowest BCUT2D eigenvalue weighted by Gasteiger charge is -2.33. The Bertz CT molecular complexity index is 1430. The van der Waals surface area contributed by atoms with Crippen LogP contribution in [0.3, 0.4) is 0 Å². The summed E-state index contributed by atoms with van der Waals surface area (Å²) in [4.78, 5) is 9.11. The van der Waals surface area contributed by atoms with Gasteiger partial charge in [-0.25, -0.2) is 0 Å². The minimum Gasteiger partial charge on any atom is -0.459 e. The average Bonchev–Trinajstić information content (AvgIpc) is 3.55. The molecule has 6 rings (SSSR count). The molecule has 1 N–H and O–H groups in total. The average molecular weight is 564 g/mol. The molecular formula is C30H28Cl2N4OS. The van der Waals surface area contributed by atoms with Crippen LogP contribution in [-0.2, 0) is 0 Å². The van der Waals surface area contributed by atoms with Crippen molar-refractivity contribution in [2.24, 2.45) is 5.92 Å². The van der Waals surface area contributed by atoms with Crippen molar-refractivity contribution in [3.05, 3.63) is 100 Å². The van der Waals surface area contributed by atoms with Gasteiger partial charge in [0.05, 0.1) is 22.4 Å². The van der Waals surface area contributed by atoms with E-state index in [2.05, 4.69) is 39.2 Å². The molecule has 4 heterocycles. The topological polar surface area (TPSA) is 44.5 Å². The van der Waals surface area contributed by atoms with E-state index in [1.54, 1.807) is 6.20 Å². The number of benzene rings is 2. The highest BCUT2D eigenvalue weighted by Gasteiger charge is 2.42. The summed E-state index contributed by atoms with van der Waals surface area (Å²) in [7, 11) is 0. The van der Waals surface area contributed by atoms with Crippen molar-refractivity contribution in [1.82, 2.24) is 10.3 Å². The summed E-state index contributed by atoms with van der Waals surface area (Å²) in [6.07, 6.45) is 4.16. The normalized spacial score (nSPS) is 20.1. The van der Waals surface area contributed by atoms with Crippen LogP contribution in [0.25, 0.3) is 11.3 Å². The summed E-state index contributed by atoms with van der Waals surface area (Å²) in [5, 5.41) is 5.50. The molecule has 0 unspecified atom stereocenters. The van der Waals surface area contributed by atoms with Crippen LogP contribution in [0.1, 0.15) is 43.3 Å². The van der Waals surface area contributed by atoms with Gasteiger partial charge in [0, 0.05) is 35.6 Å². The highest BCUT2D eigenvalue weighted by atomic mass is 35.5. The SMILES string of the molecule is CC1CCN(c2ccc(N3C(=S)N[C@H](c4ccccn4)[C@@H]3c3ccc(-c4ccc(Cl)cc4)o3)cc2Cl)CC1. The third-order valence-corrected chi connectivity index (χ3v) is 8.35. The Hall–Kier alpha value is -3.06. The molecule has 2 aromatic heterocycles. The summed E-state index contributed by atoms with van der Waals surface area (Å²) < 4.78 is 6.45. The molecule has 2 fully saturated rings. The Kier molecular flexibility index (Phi) is 7.04. The van der Waals surface area contributed by atoms with Crippen LogP contribution in [0.5, 0.6) is 0 Å². The maximum Gasteiger partial charge on any atom is 0.174 e. The monoisotopic (exact) mass is 562 g/mol. The maximum atomic E-state index is 6.89. The summed E-state index contributed by atoms with van der Waals surface area (Å²) in [6, 6.07) is 23.3. The van der Waals surface area contributed by atoms with E-state index in [0.29, 0.717) is 10.1 Å². The number of anilines is 2. The lowest BCUT2D eigenvalue weighted by molar-refractivity contribution is 0.438. The Morgan fingerprint density at radius 1 is 0.974 bits per heavy atom. The first kappa shape index (κ1) is 25.2. The molecule has 0 spiro atoms. The van der Waals surface area contributed by atoms with Crippen LogP contribution in [0.4, 0.5) is 11.4 Å². The van der Waals surface area contributed by atoms with Crippen molar-refractivity contribution in [2.75, 3.05) is 22.9 Å². The molecule has 38 heavy (non-hydrogen) atoms. The summed E-state index contributed by atoms with van der Waals surface area (Å²) in [5.74, 6) is 2.30. The number of furan rings is 1. The zero-order chi connectivity index (χ0) is 26.2. The van der Waals surface area contributed by atoms with Gasteiger partial charge < -0.3 is 19.5 Å². The van der Waals surface area contributed by atoms with Gasteiger partial charge in [-0.15, -0.1) is 0 Å². The van der Waals surface area contributed by atoms with Crippen LogP contribution in [-0.4, -0.2) is 23.2 Å². The number of hydrogen-bond acceptors (Lipinski definition) is 4. The number of hydrogen-bond donors (Lipinski definition) is 1. The number of halogens is 2. The Balaban J connectivity index is 1.37. The first-order valence-electron chi connectivity index (χ1n) is 12.9.